The van der Waals surface area contributed by atoms with Crippen LogP contribution in [0.25, 0.3) is 10.4 Å². The molecule has 426 valence electrons. The summed E-state index contributed by atoms with van der Waals surface area (Å²) in [4.78, 5) is 67.7. The molecule has 1 saturated carbocycles. The second-order valence-corrected chi connectivity index (χ2v) is 25.1. The van der Waals surface area contributed by atoms with E-state index in [2.05, 4.69) is 77.2 Å². The van der Waals surface area contributed by atoms with E-state index >= 15 is 0 Å². The third-order valence-corrected chi connectivity index (χ3v) is 18.1. The van der Waals surface area contributed by atoms with Gasteiger partial charge in [-0.3, -0.25) is 44.9 Å². The number of nitrogens with one attached hydrogen (secondary N) is 4. The number of aliphatic imine (C=N–C) groups is 1. The van der Waals surface area contributed by atoms with Crippen LogP contribution in [0, 0.1) is 42.4 Å². The molecule has 9 rings (SSSR count). The van der Waals surface area contributed by atoms with E-state index in [0.717, 1.165) is 90.1 Å². The van der Waals surface area contributed by atoms with Crippen LogP contribution < -0.4 is 15.5 Å². The van der Waals surface area contributed by atoms with Crippen LogP contribution >= 0.6 is 34.3 Å². The number of piperazine rings is 1. The van der Waals surface area contributed by atoms with Gasteiger partial charge in [0.05, 0.1) is 40.4 Å². The number of aromatic nitrogens is 1. The molecule has 4 aliphatic heterocycles. The number of benzene rings is 2. The highest BCUT2D eigenvalue weighted by atomic mass is 35.5. The van der Waals surface area contributed by atoms with Crippen molar-refractivity contribution in [2.75, 3.05) is 57.8 Å². The molecule has 1 spiro atoms. The summed E-state index contributed by atoms with van der Waals surface area (Å²) in [6, 6.07) is 16.9. The summed E-state index contributed by atoms with van der Waals surface area (Å²) in [5, 5.41) is 23.8. The SMILES string of the molecule is CC.CC(=N)N1C(=N)[C@H](C)N=C(c2ccc(Cl)cc2)c2c1sc(C)c2C.CC(=O)N1CC2(CC(N3CCN(CC(=O)NC(C=O)C(C)(C)C)C(C)C3)C2)C1.CC1CCCN1C.Cc1ncsc1-c1ccc(C(C)NC=O)cc1. The predicted octanol–water partition coefficient (Wildman–Crippen LogP) is 10.8. The van der Waals surface area contributed by atoms with Crippen molar-refractivity contribution >= 4 is 81.2 Å². The van der Waals surface area contributed by atoms with Crippen molar-refractivity contribution in [3.05, 3.63) is 91.9 Å². The van der Waals surface area contributed by atoms with E-state index in [-0.39, 0.29) is 29.3 Å². The second-order valence-electron chi connectivity index (χ2n) is 22.6. The Bertz CT molecular complexity index is 2690. The fourth-order valence-electron chi connectivity index (χ4n) is 10.5. The first-order valence-electron chi connectivity index (χ1n) is 27.6. The highest BCUT2D eigenvalue weighted by molar-refractivity contribution is 7.17. The Morgan fingerprint density at radius 3 is 2.05 bits per heavy atom. The van der Waals surface area contributed by atoms with E-state index in [1.165, 1.54) is 47.5 Å². The molecule has 2 aromatic heterocycles. The maximum Gasteiger partial charge on any atom is 0.234 e. The number of thiazole rings is 1. The number of thiophene rings is 1. The zero-order valence-corrected chi connectivity index (χ0v) is 51.4. The largest absolute Gasteiger partial charge is 0.352 e. The Morgan fingerprint density at radius 2 is 1.56 bits per heavy atom. The number of hydrogen-bond donors (Lipinski definition) is 4. The number of aryl methyl sites for hydroxylation is 2. The van der Waals surface area contributed by atoms with Crippen molar-refractivity contribution in [2.24, 2.45) is 15.8 Å². The van der Waals surface area contributed by atoms with Crippen LogP contribution in [0.15, 0.2) is 59.0 Å². The summed E-state index contributed by atoms with van der Waals surface area (Å²) in [5.74, 6) is 0.780. The van der Waals surface area contributed by atoms with E-state index < -0.39 is 6.04 Å². The van der Waals surface area contributed by atoms with Crippen LogP contribution in [0.4, 0.5) is 5.00 Å². The van der Waals surface area contributed by atoms with Crippen molar-refractivity contribution in [1.82, 2.24) is 35.2 Å². The van der Waals surface area contributed by atoms with Crippen LogP contribution in [-0.2, 0) is 19.2 Å². The van der Waals surface area contributed by atoms with Crippen LogP contribution in [-0.4, -0.2) is 150 Å². The minimum absolute atomic E-state index is 0.0455. The number of aldehydes is 1. The number of rotatable bonds is 10. The standard InChI is InChI=1S/C21H36N4O3.C18H19ClN4S.C13H14N2OS.C6H13N.C2H6/c1-15-10-24(17-8-21(9-17)13-25(14-21)16(2)27)7-6-23(15)11-19(28)22-18(12-26)20(3,4)5;1-9-11(3)24-18-15(9)16(13-5-7-14(19)8-6-13)22-10(2)17(21)23(18)12(4)20;1-9(14-7-16)11-3-5-12(6-4-11)13-10(2)15-8-17-13;1-6-4-3-5-7(6)2;1-2/h12,15,17-18H,6-11,13-14H2,1-5H3,(H,22,28);5-8,10,20-21H,1-4H3;3-9H,1-2H3,(H,14,16);6H,3-5H2,1-2H3;1-2H3/t;10-;;;/m.0.../s1. The Kier molecular flexibility index (Phi) is 23.1. The van der Waals surface area contributed by atoms with Gasteiger partial charge in [0.25, 0.3) is 0 Å². The number of fused-ring (bicyclic) bond motifs is 1. The number of likely N-dealkylation sites (tertiary alicyclic amines) is 2. The van der Waals surface area contributed by atoms with Crippen LogP contribution in [0.2, 0.25) is 5.02 Å². The minimum Gasteiger partial charge on any atom is -0.352 e. The van der Waals surface area contributed by atoms with E-state index in [9.17, 15) is 19.2 Å². The molecule has 1 aliphatic carbocycles. The highest BCUT2D eigenvalue weighted by Crippen LogP contribution is 2.50. The number of amidine groups is 2. The molecule has 6 heterocycles. The lowest BCUT2D eigenvalue weighted by atomic mass is 9.60. The Balaban J connectivity index is 0.000000203. The zero-order chi connectivity index (χ0) is 57.8. The monoisotopic (exact) mass is 1130 g/mol. The number of anilines is 1. The van der Waals surface area contributed by atoms with E-state index in [4.69, 9.17) is 27.4 Å². The summed E-state index contributed by atoms with van der Waals surface area (Å²) in [6.45, 7) is 34.0. The number of amides is 3. The molecular formula is C60H88ClN11O4S2. The zero-order valence-electron chi connectivity index (χ0n) is 49.1. The number of hydrogen-bond acceptors (Lipinski definition) is 13. The molecule has 5 aliphatic rings. The molecule has 15 nitrogen and oxygen atoms in total. The number of carbonyl (C=O) groups is 4. The molecule has 0 radical (unpaired) electrons. The minimum atomic E-state index is -0.459. The fraction of sp³-hybridized carbons (Fsp3) is 0.567. The summed E-state index contributed by atoms with van der Waals surface area (Å²) < 4.78 is 0. The summed E-state index contributed by atoms with van der Waals surface area (Å²) in [5.41, 5.74) is 9.30. The number of halogens is 1. The average molecular weight is 1130 g/mol. The molecule has 0 bridgehead atoms. The maximum absolute atomic E-state index is 12.4. The predicted molar refractivity (Wildman–Crippen MR) is 324 cm³/mol. The first kappa shape index (κ1) is 63.7. The fourth-order valence-corrected chi connectivity index (χ4v) is 12.6. The molecule has 5 atom stereocenters. The van der Waals surface area contributed by atoms with Crippen molar-refractivity contribution in [2.45, 2.75) is 159 Å². The Labute approximate surface area is 478 Å². The molecular weight excluding hydrogens is 1040 g/mol. The lowest BCUT2D eigenvalue weighted by molar-refractivity contribution is -0.157. The van der Waals surface area contributed by atoms with Crippen LogP contribution in [0.5, 0.6) is 0 Å². The maximum atomic E-state index is 12.4. The van der Waals surface area contributed by atoms with Gasteiger partial charge in [-0.2, -0.15) is 0 Å². The van der Waals surface area contributed by atoms with E-state index in [0.29, 0.717) is 40.7 Å². The van der Waals surface area contributed by atoms with Crippen molar-refractivity contribution in [3.63, 3.8) is 0 Å². The number of nitrogens with zero attached hydrogens (tertiary/aromatic N) is 7. The third-order valence-electron chi connectivity index (χ3n) is 15.7. The van der Waals surface area contributed by atoms with E-state index in [1.807, 2.05) is 102 Å². The van der Waals surface area contributed by atoms with Crippen molar-refractivity contribution < 1.29 is 19.2 Å². The quantitative estimate of drug-likeness (QED) is 0.0682. The van der Waals surface area contributed by atoms with Gasteiger partial charge < -0.3 is 25.2 Å². The summed E-state index contributed by atoms with van der Waals surface area (Å²) in [6.07, 6.45) is 6.74. The topological polar surface area (TPSA) is 181 Å². The van der Waals surface area contributed by atoms with E-state index in [1.54, 1.807) is 41.4 Å². The molecule has 78 heavy (non-hydrogen) atoms. The molecule has 4 fully saturated rings. The molecule has 3 saturated heterocycles. The normalized spacial score (nSPS) is 20.8. The van der Waals surface area contributed by atoms with Gasteiger partial charge >= 0.3 is 0 Å². The average Bonchev–Trinajstić information content (AvgIpc) is 4.05. The first-order chi connectivity index (χ1) is 36.9. The van der Waals surface area contributed by atoms with Crippen molar-refractivity contribution in [3.8, 4) is 10.4 Å². The highest BCUT2D eigenvalue weighted by Gasteiger charge is 2.54. The second kappa shape index (κ2) is 28.3. The van der Waals surface area contributed by atoms with Gasteiger partial charge in [-0.25, -0.2) is 4.98 Å². The first-order valence-corrected chi connectivity index (χ1v) is 29.7. The third kappa shape index (κ3) is 16.0. The van der Waals surface area contributed by atoms with Gasteiger partial charge in [0.15, 0.2) is 0 Å². The Hall–Kier alpha value is -5.17. The van der Waals surface area contributed by atoms with Gasteiger partial charge in [0.1, 0.15) is 29.0 Å². The van der Waals surface area contributed by atoms with Gasteiger partial charge in [-0.15, -0.1) is 22.7 Å². The molecule has 2 aromatic carbocycles. The van der Waals surface area contributed by atoms with Gasteiger partial charge in [0, 0.05) is 84.2 Å². The summed E-state index contributed by atoms with van der Waals surface area (Å²) >= 11 is 9.28. The smallest absolute Gasteiger partial charge is 0.234 e. The molecule has 4 N–H and O–H groups in total. The molecule has 3 amide bonds. The summed E-state index contributed by atoms with van der Waals surface area (Å²) in [7, 11) is 2.19. The van der Waals surface area contributed by atoms with Gasteiger partial charge in [0.2, 0.25) is 18.2 Å². The molecule has 18 heteroatoms. The van der Waals surface area contributed by atoms with Gasteiger partial charge in [-0.05, 0) is 129 Å². The molecule has 4 unspecified atom stereocenters. The van der Waals surface area contributed by atoms with Crippen molar-refractivity contribution in [1.29, 1.82) is 10.8 Å². The van der Waals surface area contributed by atoms with Crippen LogP contribution in [0.3, 0.4) is 0 Å². The van der Waals surface area contributed by atoms with Gasteiger partial charge in [-0.1, -0.05) is 82.6 Å². The lowest BCUT2D eigenvalue weighted by Gasteiger charge is -2.61. The van der Waals surface area contributed by atoms with Crippen LogP contribution in [0.1, 0.15) is 141 Å². The lowest BCUT2D eigenvalue weighted by Crippen LogP contribution is -2.69. The number of carbonyl (C=O) groups excluding carboxylic acids is 4. The molecule has 4 aromatic rings. The Morgan fingerprint density at radius 1 is 0.936 bits per heavy atom.